The van der Waals surface area contributed by atoms with Crippen LogP contribution in [0.15, 0.2) is 0 Å². The number of carbonyl (C=O) groups excluding carboxylic acids is 2. The van der Waals surface area contributed by atoms with Crippen molar-refractivity contribution in [1.29, 1.82) is 0 Å². The van der Waals surface area contributed by atoms with E-state index in [1.54, 1.807) is 11.8 Å². The van der Waals surface area contributed by atoms with Crippen LogP contribution in [-0.2, 0) is 9.59 Å². The van der Waals surface area contributed by atoms with Gasteiger partial charge in [0.1, 0.15) is 12.1 Å². The largest absolute Gasteiger partial charge is 0.343 e. The molecule has 1 aliphatic heterocycles. The number of rotatable bonds is 2. The number of hydrogen-bond donors (Lipinski definition) is 1. The van der Waals surface area contributed by atoms with Crippen LogP contribution in [0.4, 0.5) is 0 Å². The van der Waals surface area contributed by atoms with Crippen LogP contribution in [0.3, 0.4) is 0 Å². The van der Waals surface area contributed by atoms with Crippen LogP contribution in [0.1, 0.15) is 52.9 Å². The molecular weight excluding hydrogens is 228 g/mol. The van der Waals surface area contributed by atoms with Gasteiger partial charge in [0.2, 0.25) is 11.8 Å². The molecule has 2 fully saturated rings. The molecule has 1 saturated heterocycles. The third-order valence-electron chi connectivity index (χ3n) is 4.47. The molecule has 1 aliphatic carbocycles. The molecule has 2 unspecified atom stereocenters. The Balaban J connectivity index is 2.10. The highest BCUT2D eigenvalue weighted by atomic mass is 16.2. The van der Waals surface area contributed by atoms with E-state index in [0.29, 0.717) is 0 Å². The first-order chi connectivity index (χ1) is 8.43. The van der Waals surface area contributed by atoms with Crippen molar-refractivity contribution in [3.63, 3.8) is 0 Å². The standard InChI is InChI=1S/C14H24N2O2/c1-10-13(18)16(11(2)12(17)15-10)9-14(3)7-5-4-6-8-14/h10-11H,4-9H2,1-3H3,(H,15,17). The summed E-state index contributed by atoms with van der Waals surface area (Å²) in [6, 6.07) is -0.701. The Morgan fingerprint density at radius 1 is 1.22 bits per heavy atom. The number of hydrogen-bond acceptors (Lipinski definition) is 2. The second-order valence-electron chi connectivity index (χ2n) is 6.24. The van der Waals surface area contributed by atoms with Gasteiger partial charge < -0.3 is 10.2 Å². The number of piperazine rings is 1. The van der Waals surface area contributed by atoms with Gasteiger partial charge >= 0.3 is 0 Å². The summed E-state index contributed by atoms with van der Waals surface area (Å²) < 4.78 is 0. The summed E-state index contributed by atoms with van der Waals surface area (Å²) in [6.45, 7) is 6.57. The van der Waals surface area contributed by atoms with Crippen molar-refractivity contribution in [2.75, 3.05) is 6.54 Å². The monoisotopic (exact) mass is 252 g/mol. The first-order valence-electron chi connectivity index (χ1n) is 7.04. The molecule has 0 aromatic heterocycles. The molecule has 2 atom stereocenters. The molecule has 2 amide bonds. The molecular formula is C14H24N2O2. The smallest absolute Gasteiger partial charge is 0.245 e. The third-order valence-corrected chi connectivity index (χ3v) is 4.47. The van der Waals surface area contributed by atoms with Gasteiger partial charge in [-0.05, 0) is 32.1 Å². The second kappa shape index (κ2) is 4.90. The highest BCUT2D eigenvalue weighted by Gasteiger charge is 2.39. The van der Waals surface area contributed by atoms with Gasteiger partial charge in [0.05, 0.1) is 0 Å². The van der Waals surface area contributed by atoms with E-state index in [0.717, 1.165) is 6.54 Å². The molecule has 1 N–H and O–H groups in total. The first-order valence-corrected chi connectivity index (χ1v) is 7.04. The second-order valence-corrected chi connectivity index (χ2v) is 6.24. The van der Waals surface area contributed by atoms with Crippen LogP contribution in [0.25, 0.3) is 0 Å². The Hall–Kier alpha value is -1.06. The minimum Gasteiger partial charge on any atom is -0.343 e. The van der Waals surface area contributed by atoms with E-state index >= 15 is 0 Å². The molecule has 0 aromatic rings. The maximum absolute atomic E-state index is 12.2. The van der Waals surface area contributed by atoms with Crippen LogP contribution in [0.2, 0.25) is 0 Å². The summed E-state index contributed by atoms with van der Waals surface area (Å²) in [5.41, 5.74) is 0.194. The lowest BCUT2D eigenvalue weighted by Gasteiger charge is -2.43. The van der Waals surface area contributed by atoms with Crippen molar-refractivity contribution in [3.05, 3.63) is 0 Å². The maximum Gasteiger partial charge on any atom is 0.245 e. The molecule has 0 radical (unpaired) electrons. The summed E-state index contributed by atoms with van der Waals surface area (Å²) in [6.07, 6.45) is 6.12. The van der Waals surface area contributed by atoms with Gasteiger partial charge in [-0.1, -0.05) is 26.2 Å². The number of amides is 2. The summed E-state index contributed by atoms with van der Waals surface area (Å²) in [7, 11) is 0. The van der Waals surface area contributed by atoms with E-state index in [1.165, 1.54) is 32.1 Å². The molecule has 0 spiro atoms. The van der Waals surface area contributed by atoms with Gasteiger partial charge in [0, 0.05) is 6.54 Å². The van der Waals surface area contributed by atoms with Gasteiger partial charge in [0.25, 0.3) is 0 Å². The zero-order valence-electron chi connectivity index (χ0n) is 11.7. The van der Waals surface area contributed by atoms with Crippen LogP contribution in [-0.4, -0.2) is 35.3 Å². The Bertz CT molecular complexity index is 348. The summed E-state index contributed by atoms with van der Waals surface area (Å²) in [5, 5.41) is 2.73. The molecule has 0 bridgehead atoms. The van der Waals surface area contributed by atoms with E-state index in [-0.39, 0.29) is 29.3 Å². The molecule has 0 aromatic carbocycles. The fraction of sp³-hybridized carbons (Fsp3) is 0.857. The summed E-state index contributed by atoms with van der Waals surface area (Å²) in [4.78, 5) is 25.8. The lowest BCUT2D eigenvalue weighted by atomic mass is 9.75. The van der Waals surface area contributed by atoms with E-state index in [1.807, 2.05) is 6.92 Å². The van der Waals surface area contributed by atoms with E-state index in [4.69, 9.17) is 0 Å². The van der Waals surface area contributed by atoms with Crippen LogP contribution >= 0.6 is 0 Å². The molecule has 18 heavy (non-hydrogen) atoms. The minimum atomic E-state index is -0.374. The fourth-order valence-corrected chi connectivity index (χ4v) is 3.17. The van der Waals surface area contributed by atoms with Gasteiger partial charge in [-0.2, -0.15) is 0 Å². The van der Waals surface area contributed by atoms with Gasteiger partial charge in [-0.25, -0.2) is 0 Å². The number of nitrogens with zero attached hydrogens (tertiary/aromatic N) is 1. The van der Waals surface area contributed by atoms with Gasteiger partial charge in [-0.15, -0.1) is 0 Å². The fourth-order valence-electron chi connectivity index (χ4n) is 3.17. The van der Waals surface area contributed by atoms with Gasteiger partial charge in [0.15, 0.2) is 0 Å². The number of nitrogens with one attached hydrogen (secondary N) is 1. The molecule has 1 saturated carbocycles. The average molecular weight is 252 g/mol. The quantitative estimate of drug-likeness (QED) is 0.813. The molecule has 102 valence electrons. The van der Waals surface area contributed by atoms with Crippen molar-refractivity contribution in [2.45, 2.75) is 65.0 Å². The van der Waals surface area contributed by atoms with Crippen molar-refractivity contribution in [2.24, 2.45) is 5.41 Å². The lowest BCUT2D eigenvalue weighted by Crippen LogP contribution is -2.63. The van der Waals surface area contributed by atoms with Crippen molar-refractivity contribution >= 4 is 11.8 Å². The van der Waals surface area contributed by atoms with Gasteiger partial charge in [-0.3, -0.25) is 9.59 Å². The average Bonchev–Trinajstić information content (AvgIpc) is 2.33. The van der Waals surface area contributed by atoms with Crippen LogP contribution in [0.5, 0.6) is 0 Å². The highest BCUT2D eigenvalue weighted by Crippen LogP contribution is 2.37. The molecule has 2 aliphatic rings. The molecule has 4 nitrogen and oxygen atoms in total. The molecule has 2 rings (SSSR count). The van der Waals surface area contributed by atoms with Crippen molar-refractivity contribution in [3.8, 4) is 0 Å². The zero-order valence-corrected chi connectivity index (χ0v) is 11.7. The van der Waals surface area contributed by atoms with E-state index in [2.05, 4.69) is 12.2 Å². The third kappa shape index (κ3) is 2.52. The molecule has 1 heterocycles. The topological polar surface area (TPSA) is 49.4 Å². The van der Waals surface area contributed by atoms with Crippen LogP contribution < -0.4 is 5.32 Å². The Morgan fingerprint density at radius 3 is 2.44 bits per heavy atom. The van der Waals surface area contributed by atoms with Crippen molar-refractivity contribution < 1.29 is 9.59 Å². The van der Waals surface area contributed by atoms with Crippen molar-refractivity contribution in [1.82, 2.24) is 10.2 Å². The summed E-state index contributed by atoms with van der Waals surface area (Å²) >= 11 is 0. The summed E-state index contributed by atoms with van der Waals surface area (Å²) in [5.74, 6) is 0.0374. The normalized spacial score (nSPS) is 32.3. The SMILES string of the molecule is CC1NC(=O)C(C)N(CC2(C)CCCCC2)C1=O. The number of carbonyl (C=O) groups is 2. The van der Waals surface area contributed by atoms with E-state index < -0.39 is 0 Å². The zero-order chi connectivity index (χ0) is 13.3. The Labute approximate surface area is 109 Å². The predicted octanol–water partition coefficient (Wildman–Crippen LogP) is 1.69. The Kier molecular flexibility index (Phi) is 3.64. The maximum atomic E-state index is 12.2. The van der Waals surface area contributed by atoms with Crippen LogP contribution in [0, 0.1) is 5.41 Å². The Morgan fingerprint density at radius 2 is 1.83 bits per heavy atom. The van der Waals surface area contributed by atoms with E-state index in [9.17, 15) is 9.59 Å². The molecule has 4 heteroatoms. The minimum absolute atomic E-state index is 0.0264. The predicted molar refractivity (Wildman–Crippen MR) is 70.0 cm³/mol. The lowest BCUT2D eigenvalue weighted by molar-refractivity contribution is -0.150. The highest BCUT2D eigenvalue weighted by molar-refractivity contribution is 5.96. The first kappa shape index (κ1) is 13.4.